The summed E-state index contributed by atoms with van der Waals surface area (Å²) in [4.78, 5) is 13.8. The van der Waals surface area contributed by atoms with Crippen LogP contribution in [0.25, 0.3) is 27.8 Å². The van der Waals surface area contributed by atoms with Gasteiger partial charge in [-0.1, -0.05) is 42.5 Å². The number of methoxy groups -OCH3 is 2. The van der Waals surface area contributed by atoms with Crippen molar-refractivity contribution < 1.29 is 14.2 Å². The van der Waals surface area contributed by atoms with Crippen molar-refractivity contribution in [1.29, 1.82) is 0 Å². The average Bonchev–Trinajstić information content (AvgIpc) is 3.41. The van der Waals surface area contributed by atoms with Crippen molar-refractivity contribution in [3.8, 4) is 34.5 Å². The third-order valence-corrected chi connectivity index (χ3v) is 6.76. The van der Waals surface area contributed by atoms with Crippen LogP contribution in [0.2, 0.25) is 0 Å². The summed E-state index contributed by atoms with van der Waals surface area (Å²) >= 11 is 0. The molecule has 0 radical (unpaired) electrons. The highest BCUT2D eigenvalue weighted by atomic mass is 16.5. The number of benzene rings is 3. The second-order valence-electron chi connectivity index (χ2n) is 8.76. The summed E-state index contributed by atoms with van der Waals surface area (Å²) in [7, 11) is 3.27. The smallest absolute Gasteiger partial charge is 0.228 e. The number of nitrogens with zero attached hydrogens (tertiary/aromatic N) is 5. The molecule has 1 aliphatic rings. The Morgan fingerprint density at radius 3 is 2.65 bits per heavy atom. The Labute approximate surface area is 212 Å². The molecule has 4 heterocycles. The first-order valence-corrected chi connectivity index (χ1v) is 11.8. The molecule has 1 atom stereocenters. The lowest BCUT2D eigenvalue weighted by molar-refractivity contribution is 0.354. The molecule has 0 saturated heterocycles. The molecular weight excluding hydrogens is 466 g/mol. The Morgan fingerprint density at radius 2 is 1.81 bits per heavy atom. The number of pyridine rings is 1. The molecule has 0 N–H and O–H groups in total. The first-order valence-electron chi connectivity index (χ1n) is 11.8. The number of ether oxygens (including phenoxy) is 3. The predicted octanol–water partition coefficient (Wildman–Crippen LogP) is 5.64. The average molecular weight is 488 g/mol. The number of rotatable bonds is 4. The maximum Gasteiger partial charge on any atom is 0.228 e. The van der Waals surface area contributed by atoms with Crippen molar-refractivity contribution >= 4 is 16.4 Å². The summed E-state index contributed by atoms with van der Waals surface area (Å²) in [6.45, 7) is 0. The van der Waals surface area contributed by atoms with Crippen molar-refractivity contribution in [3.63, 3.8) is 0 Å². The molecule has 8 nitrogen and oxygen atoms in total. The van der Waals surface area contributed by atoms with Gasteiger partial charge in [0.05, 0.1) is 19.8 Å². The molecule has 0 saturated carbocycles. The van der Waals surface area contributed by atoms with Crippen LogP contribution >= 0.6 is 0 Å². The molecule has 180 valence electrons. The first-order chi connectivity index (χ1) is 18.2. The molecule has 1 unspecified atom stereocenters. The molecule has 0 aliphatic carbocycles. The fourth-order valence-electron chi connectivity index (χ4n) is 5.04. The number of aromatic nitrogens is 5. The van der Waals surface area contributed by atoms with Crippen molar-refractivity contribution in [1.82, 2.24) is 24.6 Å². The fraction of sp³-hybridized carbons (Fsp3) is 0.103. The van der Waals surface area contributed by atoms with E-state index in [0.717, 1.165) is 38.8 Å². The highest BCUT2D eigenvalue weighted by Crippen LogP contribution is 2.51. The maximum absolute atomic E-state index is 6.51. The van der Waals surface area contributed by atoms with Crippen LogP contribution in [-0.2, 0) is 0 Å². The molecule has 0 fully saturated rings. The number of hydrogen-bond acceptors (Lipinski definition) is 7. The van der Waals surface area contributed by atoms with Gasteiger partial charge in [0.1, 0.15) is 12.1 Å². The van der Waals surface area contributed by atoms with E-state index in [1.54, 1.807) is 37.5 Å². The quantitative estimate of drug-likeness (QED) is 0.318. The van der Waals surface area contributed by atoms with E-state index in [1.165, 1.54) is 0 Å². The van der Waals surface area contributed by atoms with Crippen LogP contribution in [0, 0.1) is 0 Å². The molecular formula is C29H21N5O3. The molecule has 0 spiro atoms. The van der Waals surface area contributed by atoms with Gasteiger partial charge in [0, 0.05) is 34.8 Å². The van der Waals surface area contributed by atoms with Gasteiger partial charge in [0.25, 0.3) is 0 Å². The van der Waals surface area contributed by atoms with E-state index >= 15 is 0 Å². The zero-order chi connectivity index (χ0) is 24.9. The van der Waals surface area contributed by atoms with Crippen LogP contribution < -0.4 is 14.2 Å². The van der Waals surface area contributed by atoms with E-state index in [0.29, 0.717) is 28.9 Å². The lowest BCUT2D eigenvalue weighted by Crippen LogP contribution is -2.15. The van der Waals surface area contributed by atoms with Crippen LogP contribution in [-0.4, -0.2) is 38.8 Å². The van der Waals surface area contributed by atoms with E-state index in [1.807, 2.05) is 42.5 Å². The molecule has 0 bridgehead atoms. The van der Waals surface area contributed by atoms with Gasteiger partial charge >= 0.3 is 0 Å². The van der Waals surface area contributed by atoms with E-state index in [9.17, 15) is 0 Å². The van der Waals surface area contributed by atoms with Crippen molar-refractivity contribution in [3.05, 3.63) is 102 Å². The topological polar surface area (TPSA) is 83.7 Å². The van der Waals surface area contributed by atoms with Crippen LogP contribution in [0.1, 0.15) is 22.6 Å². The number of fused-ring (bicyclic) bond motifs is 6. The second kappa shape index (κ2) is 8.30. The first kappa shape index (κ1) is 21.3. The Balaban J connectivity index is 1.52. The van der Waals surface area contributed by atoms with Gasteiger partial charge in [0.15, 0.2) is 23.0 Å². The predicted molar refractivity (Wildman–Crippen MR) is 139 cm³/mol. The van der Waals surface area contributed by atoms with Crippen molar-refractivity contribution in [2.24, 2.45) is 0 Å². The van der Waals surface area contributed by atoms with E-state index in [4.69, 9.17) is 19.2 Å². The third kappa shape index (κ3) is 3.30. The monoisotopic (exact) mass is 487 g/mol. The molecule has 3 aromatic heterocycles. The molecule has 0 amide bonds. The Bertz CT molecular complexity index is 1800. The van der Waals surface area contributed by atoms with E-state index in [2.05, 4.69) is 39.3 Å². The molecule has 8 heteroatoms. The second-order valence-corrected chi connectivity index (χ2v) is 8.76. The molecule has 1 aliphatic heterocycles. The van der Waals surface area contributed by atoms with Crippen LogP contribution in [0.5, 0.6) is 23.1 Å². The van der Waals surface area contributed by atoms with Gasteiger partial charge in [-0.05, 0) is 35.2 Å². The SMILES string of the molecule is COc1ccc(C2c3ccc4ccccc4c3Oc3ncn4nc(-c5cccnc5)nc4c32)cc1OC. The Hall–Kier alpha value is -4.98. The lowest BCUT2D eigenvalue weighted by atomic mass is 9.82. The fourth-order valence-corrected chi connectivity index (χ4v) is 5.04. The Kier molecular flexibility index (Phi) is 4.78. The summed E-state index contributed by atoms with van der Waals surface area (Å²) in [6.07, 6.45) is 5.12. The third-order valence-electron chi connectivity index (χ3n) is 6.76. The van der Waals surface area contributed by atoms with Crippen LogP contribution in [0.15, 0.2) is 85.5 Å². The van der Waals surface area contributed by atoms with Gasteiger partial charge in [-0.2, -0.15) is 0 Å². The Morgan fingerprint density at radius 1 is 0.919 bits per heavy atom. The van der Waals surface area contributed by atoms with E-state index in [-0.39, 0.29) is 5.92 Å². The number of hydrogen-bond donors (Lipinski definition) is 0. The summed E-state index contributed by atoms with van der Waals surface area (Å²) in [6, 6.07) is 22.2. The van der Waals surface area contributed by atoms with Gasteiger partial charge in [-0.15, -0.1) is 5.10 Å². The lowest BCUT2D eigenvalue weighted by Gasteiger charge is -2.29. The van der Waals surface area contributed by atoms with Crippen LogP contribution in [0.3, 0.4) is 0 Å². The standard InChI is InChI=1S/C29H21N5O3/c1-35-22-12-10-18(14-23(22)36-2)24-21-11-9-17-6-3-4-8-20(17)26(21)37-29-25(24)28-32-27(33-34(28)16-31-29)19-7-5-13-30-15-19/h3-16,24H,1-2H3. The highest BCUT2D eigenvalue weighted by Gasteiger charge is 2.34. The van der Waals surface area contributed by atoms with Gasteiger partial charge in [0.2, 0.25) is 5.88 Å². The minimum absolute atomic E-state index is 0.231. The summed E-state index contributed by atoms with van der Waals surface area (Å²) in [5.74, 6) is 2.93. The molecule has 3 aromatic carbocycles. The van der Waals surface area contributed by atoms with Gasteiger partial charge in [-0.25, -0.2) is 14.5 Å². The zero-order valence-corrected chi connectivity index (χ0v) is 20.1. The summed E-state index contributed by atoms with van der Waals surface area (Å²) in [5.41, 5.74) is 4.34. The minimum Gasteiger partial charge on any atom is -0.493 e. The summed E-state index contributed by atoms with van der Waals surface area (Å²) < 4.78 is 19.4. The van der Waals surface area contributed by atoms with E-state index < -0.39 is 0 Å². The van der Waals surface area contributed by atoms with Crippen LogP contribution in [0.4, 0.5) is 0 Å². The molecule has 6 aromatic rings. The molecule has 7 rings (SSSR count). The normalized spacial score (nSPS) is 14.2. The zero-order valence-electron chi connectivity index (χ0n) is 20.1. The maximum atomic E-state index is 6.51. The van der Waals surface area contributed by atoms with Crippen molar-refractivity contribution in [2.75, 3.05) is 14.2 Å². The summed E-state index contributed by atoms with van der Waals surface area (Å²) in [5, 5.41) is 6.81. The molecule has 37 heavy (non-hydrogen) atoms. The minimum atomic E-state index is -0.231. The van der Waals surface area contributed by atoms with Crippen molar-refractivity contribution in [2.45, 2.75) is 5.92 Å². The van der Waals surface area contributed by atoms with Gasteiger partial charge < -0.3 is 14.2 Å². The van der Waals surface area contributed by atoms with Gasteiger partial charge in [-0.3, -0.25) is 4.98 Å². The largest absolute Gasteiger partial charge is 0.493 e. The highest BCUT2D eigenvalue weighted by molar-refractivity contribution is 5.91.